The Hall–Kier alpha value is -2.73. The molecule has 2 amide bonds. The van der Waals surface area contributed by atoms with Gasteiger partial charge < -0.3 is 15.2 Å². The van der Waals surface area contributed by atoms with Crippen LogP contribution in [0.25, 0.3) is 10.9 Å². The maximum Gasteiger partial charge on any atom is 0.271 e. The fourth-order valence-corrected chi connectivity index (χ4v) is 4.57. The zero-order valence-corrected chi connectivity index (χ0v) is 17.0. The summed E-state index contributed by atoms with van der Waals surface area (Å²) in [5.74, 6) is 0.827. The van der Waals surface area contributed by atoms with Crippen LogP contribution in [-0.2, 0) is 4.79 Å². The number of carbonyl (C=O) groups is 2. The van der Waals surface area contributed by atoms with Gasteiger partial charge in [-0.15, -0.1) is 11.8 Å². The van der Waals surface area contributed by atoms with Gasteiger partial charge in [-0.1, -0.05) is 18.2 Å². The molecule has 1 aliphatic heterocycles. The molecule has 144 valence electrons. The number of anilines is 1. The highest BCUT2D eigenvalue weighted by Crippen LogP contribution is 2.26. The molecular formula is C22H23N3O2S. The van der Waals surface area contributed by atoms with Gasteiger partial charge in [0, 0.05) is 22.3 Å². The van der Waals surface area contributed by atoms with Crippen molar-refractivity contribution in [3.8, 4) is 0 Å². The van der Waals surface area contributed by atoms with E-state index < -0.39 is 6.04 Å². The van der Waals surface area contributed by atoms with Crippen LogP contribution in [0, 0.1) is 20.8 Å². The SMILES string of the molecule is Cc1ccc2cc(C(=O)N3CSCC3C(=O)Nc3ccc(C)c(C)c3)[nH]c2c1. The number of H-pyrrole nitrogens is 1. The molecule has 6 heteroatoms. The zero-order chi connectivity index (χ0) is 19.8. The monoisotopic (exact) mass is 393 g/mol. The third-order valence-electron chi connectivity index (χ3n) is 5.23. The van der Waals surface area contributed by atoms with Crippen molar-refractivity contribution < 1.29 is 9.59 Å². The first-order chi connectivity index (χ1) is 13.4. The van der Waals surface area contributed by atoms with Crippen molar-refractivity contribution in [2.45, 2.75) is 26.8 Å². The first kappa shape index (κ1) is 18.6. The van der Waals surface area contributed by atoms with E-state index in [1.165, 1.54) is 5.56 Å². The summed E-state index contributed by atoms with van der Waals surface area (Å²) in [5.41, 5.74) is 5.66. The minimum atomic E-state index is -0.479. The number of benzene rings is 2. The Morgan fingerprint density at radius 2 is 1.89 bits per heavy atom. The third-order valence-corrected chi connectivity index (χ3v) is 6.24. The molecule has 2 N–H and O–H groups in total. The summed E-state index contributed by atoms with van der Waals surface area (Å²) >= 11 is 1.60. The highest BCUT2D eigenvalue weighted by Gasteiger charge is 2.35. The number of aryl methyl sites for hydroxylation is 3. The van der Waals surface area contributed by atoms with E-state index in [9.17, 15) is 9.59 Å². The summed E-state index contributed by atoms with van der Waals surface area (Å²) < 4.78 is 0. The Bertz CT molecular complexity index is 1070. The lowest BCUT2D eigenvalue weighted by atomic mass is 10.1. The minimum Gasteiger partial charge on any atom is -0.351 e. The fraction of sp³-hybridized carbons (Fsp3) is 0.273. The maximum absolute atomic E-state index is 13.1. The Morgan fingerprint density at radius 3 is 2.68 bits per heavy atom. The molecule has 0 saturated carbocycles. The zero-order valence-electron chi connectivity index (χ0n) is 16.2. The van der Waals surface area contributed by atoms with Crippen molar-refractivity contribution in [1.29, 1.82) is 0 Å². The number of amides is 2. The van der Waals surface area contributed by atoms with Crippen molar-refractivity contribution in [2.75, 3.05) is 16.9 Å². The van der Waals surface area contributed by atoms with Crippen LogP contribution in [-0.4, -0.2) is 39.4 Å². The number of aromatic nitrogens is 1. The second-order valence-electron chi connectivity index (χ2n) is 7.35. The predicted molar refractivity (Wildman–Crippen MR) is 115 cm³/mol. The number of aromatic amines is 1. The van der Waals surface area contributed by atoms with Crippen LogP contribution in [0.4, 0.5) is 5.69 Å². The molecule has 1 aliphatic rings. The van der Waals surface area contributed by atoms with Crippen LogP contribution in [0.2, 0.25) is 0 Å². The largest absolute Gasteiger partial charge is 0.351 e. The summed E-state index contributed by atoms with van der Waals surface area (Å²) in [6, 6.07) is 13.3. The number of thioether (sulfide) groups is 1. The molecule has 28 heavy (non-hydrogen) atoms. The predicted octanol–water partition coefficient (Wildman–Crippen LogP) is 4.25. The van der Waals surface area contributed by atoms with E-state index in [4.69, 9.17) is 0 Å². The van der Waals surface area contributed by atoms with Gasteiger partial charge in [-0.2, -0.15) is 0 Å². The Morgan fingerprint density at radius 1 is 1.07 bits per heavy atom. The fourth-order valence-electron chi connectivity index (χ4n) is 3.42. The lowest BCUT2D eigenvalue weighted by molar-refractivity contribution is -0.119. The van der Waals surface area contributed by atoms with Gasteiger partial charge in [-0.05, 0) is 61.7 Å². The molecule has 1 saturated heterocycles. The molecular weight excluding hydrogens is 370 g/mol. The van der Waals surface area contributed by atoms with Gasteiger partial charge in [0.05, 0.1) is 5.88 Å². The molecule has 1 fully saturated rings. The van der Waals surface area contributed by atoms with Crippen molar-refractivity contribution in [3.63, 3.8) is 0 Å². The number of nitrogens with zero attached hydrogens (tertiary/aromatic N) is 1. The van der Waals surface area contributed by atoms with Gasteiger partial charge in [0.1, 0.15) is 11.7 Å². The maximum atomic E-state index is 13.1. The van der Waals surface area contributed by atoms with Gasteiger partial charge >= 0.3 is 0 Å². The molecule has 0 bridgehead atoms. The summed E-state index contributed by atoms with van der Waals surface area (Å²) in [5, 5.41) is 3.96. The van der Waals surface area contributed by atoms with E-state index in [2.05, 4.69) is 10.3 Å². The average Bonchev–Trinajstić information content (AvgIpc) is 3.30. The Kier molecular flexibility index (Phi) is 4.89. The van der Waals surface area contributed by atoms with Crippen molar-refractivity contribution in [2.24, 2.45) is 0 Å². The van der Waals surface area contributed by atoms with E-state index in [0.717, 1.165) is 27.7 Å². The average molecular weight is 394 g/mol. The van der Waals surface area contributed by atoms with Crippen LogP contribution in [0.3, 0.4) is 0 Å². The number of hydrogen-bond acceptors (Lipinski definition) is 3. The second kappa shape index (κ2) is 7.36. The lowest BCUT2D eigenvalue weighted by Gasteiger charge is -2.22. The first-order valence-corrected chi connectivity index (χ1v) is 10.4. The number of carbonyl (C=O) groups excluding carboxylic acids is 2. The smallest absolute Gasteiger partial charge is 0.271 e. The van der Waals surface area contributed by atoms with Gasteiger partial charge in [-0.25, -0.2) is 0 Å². The van der Waals surface area contributed by atoms with Crippen LogP contribution in [0.1, 0.15) is 27.2 Å². The van der Waals surface area contributed by atoms with E-state index in [-0.39, 0.29) is 11.8 Å². The Balaban J connectivity index is 1.53. The minimum absolute atomic E-state index is 0.140. The van der Waals surface area contributed by atoms with E-state index >= 15 is 0 Å². The van der Waals surface area contributed by atoms with E-state index in [0.29, 0.717) is 17.3 Å². The molecule has 2 aromatic carbocycles. The third kappa shape index (κ3) is 3.52. The van der Waals surface area contributed by atoms with Crippen molar-refractivity contribution in [3.05, 3.63) is 64.8 Å². The Labute approximate surface area is 168 Å². The molecule has 5 nitrogen and oxygen atoms in total. The van der Waals surface area contributed by atoms with Crippen LogP contribution in [0.15, 0.2) is 42.5 Å². The van der Waals surface area contributed by atoms with Gasteiger partial charge in [0.15, 0.2) is 0 Å². The van der Waals surface area contributed by atoms with Gasteiger partial charge in [-0.3, -0.25) is 9.59 Å². The van der Waals surface area contributed by atoms with Crippen LogP contribution < -0.4 is 5.32 Å². The number of hydrogen-bond donors (Lipinski definition) is 2. The topological polar surface area (TPSA) is 65.2 Å². The molecule has 0 radical (unpaired) electrons. The highest BCUT2D eigenvalue weighted by molar-refractivity contribution is 7.99. The quantitative estimate of drug-likeness (QED) is 0.699. The molecule has 1 atom stereocenters. The van der Waals surface area contributed by atoms with Crippen LogP contribution >= 0.6 is 11.8 Å². The van der Waals surface area contributed by atoms with Gasteiger partial charge in [0.2, 0.25) is 5.91 Å². The van der Waals surface area contributed by atoms with E-state index in [1.807, 2.05) is 63.2 Å². The summed E-state index contributed by atoms with van der Waals surface area (Å²) in [6.45, 7) is 6.08. The van der Waals surface area contributed by atoms with Crippen molar-refractivity contribution in [1.82, 2.24) is 9.88 Å². The highest BCUT2D eigenvalue weighted by atomic mass is 32.2. The summed E-state index contributed by atoms with van der Waals surface area (Å²) in [6.07, 6.45) is 0. The normalized spacial score (nSPS) is 16.5. The van der Waals surface area contributed by atoms with E-state index in [1.54, 1.807) is 16.7 Å². The van der Waals surface area contributed by atoms with Gasteiger partial charge in [0.25, 0.3) is 5.91 Å². The molecule has 1 aromatic heterocycles. The number of fused-ring (bicyclic) bond motifs is 1. The lowest BCUT2D eigenvalue weighted by Crippen LogP contribution is -2.44. The van der Waals surface area contributed by atoms with Crippen molar-refractivity contribution >= 4 is 40.2 Å². The molecule has 1 unspecified atom stereocenters. The number of nitrogens with one attached hydrogen (secondary N) is 2. The van der Waals surface area contributed by atoms with Crippen LogP contribution in [0.5, 0.6) is 0 Å². The first-order valence-electron chi connectivity index (χ1n) is 9.28. The molecule has 0 spiro atoms. The molecule has 0 aliphatic carbocycles. The molecule has 4 rings (SSSR count). The number of rotatable bonds is 3. The summed E-state index contributed by atoms with van der Waals surface area (Å²) in [7, 11) is 0. The molecule has 3 aromatic rings. The molecule has 2 heterocycles. The summed E-state index contributed by atoms with van der Waals surface area (Å²) in [4.78, 5) is 30.8. The standard InChI is InChI=1S/C22H23N3O2S/c1-13-4-6-16-10-19(24-18(16)8-13)22(27)25-12-28-11-20(25)21(26)23-17-7-5-14(2)15(3)9-17/h4-10,20,24H,11-12H2,1-3H3,(H,23,26). The second-order valence-corrected chi connectivity index (χ2v) is 8.35.